The summed E-state index contributed by atoms with van der Waals surface area (Å²) in [5.74, 6) is 0. The second kappa shape index (κ2) is 5.52. The second-order valence-corrected chi connectivity index (χ2v) is 2.91. The van der Waals surface area contributed by atoms with Crippen LogP contribution in [0, 0.1) is 0 Å². The Bertz CT molecular complexity index is 276. The van der Waals surface area contributed by atoms with Gasteiger partial charge < -0.3 is 5.32 Å². The van der Waals surface area contributed by atoms with E-state index in [1.165, 1.54) is 0 Å². The van der Waals surface area contributed by atoms with Crippen molar-refractivity contribution in [3.8, 4) is 0 Å². The highest BCUT2D eigenvalue weighted by molar-refractivity contribution is 5.45. The molecule has 0 spiro atoms. The molecule has 0 unspecified atom stereocenters. The molecule has 1 N–H and O–H groups in total. The molecule has 0 aliphatic carbocycles. The van der Waals surface area contributed by atoms with Gasteiger partial charge in [-0.15, -0.1) is 0 Å². The first-order valence-corrected chi connectivity index (χ1v) is 4.39. The molecule has 0 fully saturated rings. The lowest BCUT2D eigenvalue weighted by molar-refractivity contribution is 0.149. The summed E-state index contributed by atoms with van der Waals surface area (Å²) in [5.41, 5.74) is 1.24. The second-order valence-electron chi connectivity index (χ2n) is 2.91. The minimum atomic E-state index is -2.34. The fourth-order valence-electron chi connectivity index (χ4n) is 1.18. The van der Waals surface area contributed by atoms with Crippen LogP contribution in [0.2, 0.25) is 0 Å². The van der Waals surface area contributed by atoms with Crippen LogP contribution in [0.25, 0.3) is 0 Å². The molecule has 1 rings (SSSR count). The number of anilines is 1. The number of nitrogens with one attached hydrogen (secondary N) is 1. The third-order valence-electron chi connectivity index (χ3n) is 1.74. The molecule has 0 aromatic heterocycles. The van der Waals surface area contributed by atoms with E-state index in [1.54, 1.807) is 24.3 Å². The molecule has 1 aromatic rings. The molecule has 4 heteroatoms. The van der Waals surface area contributed by atoms with Crippen molar-refractivity contribution in [1.29, 1.82) is 0 Å². The first-order valence-electron chi connectivity index (χ1n) is 4.39. The van der Waals surface area contributed by atoms with Gasteiger partial charge in [0.2, 0.25) is 6.43 Å². The maximum absolute atomic E-state index is 12.0. The largest absolute Gasteiger partial charge is 0.382 e. The van der Waals surface area contributed by atoms with Crippen LogP contribution in [-0.2, 0) is 6.42 Å². The topological polar surface area (TPSA) is 12.0 Å². The highest BCUT2D eigenvalue weighted by Gasteiger charge is 2.04. The van der Waals surface area contributed by atoms with E-state index in [9.17, 15) is 13.2 Å². The van der Waals surface area contributed by atoms with E-state index in [-0.39, 0.29) is 13.0 Å². The van der Waals surface area contributed by atoms with Gasteiger partial charge in [0.1, 0.15) is 6.67 Å². The van der Waals surface area contributed by atoms with Crippen LogP contribution < -0.4 is 5.32 Å². The average Bonchev–Trinajstić information content (AvgIpc) is 2.14. The Kier molecular flexibility index (Phi) is 4.29. The minimum absolute atomic E-state index is 0.206. The third-order valence-corrected chi connectivity index (χ3v) is 1.74. The van der Waals surface area contributed by atoms with E-state index in [2.05, 4.69) is 5.32 Å². The van der Waals surface area contributed by atoms with E-state index < -0.39 is 13.1 Å². The van der Waals surface area contributed by atoms with Gasteiger partial charge in [0.15, 0.2) is 0 Å². The first-order chi connectivity index (χ1) is 6.72. The van der Waals surface area contributed by atoms with Crippen molar-refractivity contribution in [2.75, 3.05) is 18.5 Å². The molecule has 1 nitrogen and oxygen atoms in total. The Morgan fingerprint density at radius 1 is 1.29 bits per heavy atom. The summed E-state index contributed by atoms with van der Waals surface area (Å²) in [7, 11) is 0. The van der Waals surface area contributed by atoms with Crippen LogP contribution in [0.15, 0.2) is 24.3 Å². The van der Waals surface area contributed by atoms with Gasteiger partial charge in [0.05, 0.1) is 0 Å². The van der Waals surface area contributed by atoms with E-state index in [0.29, 0.717) is 11.3 Å². The molecular formula is C10H12F3N. The highest BCUT2D eigenvalue weighted by atomic mass is 19.3. The number of rotatable bonds is 5. The number of benzene rings is 1. The molecule has 14 heavy (non-hydrogen) atoms. The van der Waals surface area contributed by atoms with Crippen LogP contribution >= 0.6 is 0 Å². The molecule has 0 radical (unpaired) electrons. The molecule has 0 saturated heterocycles. The van der Waals surface area contributed by atoms with Crippen LogP contribution in [-0.4, -0.2) is 19.6 Å². The zero-order chi connectivity index (χ0) is 10.4. The Morgan fingerprint density at radius 2 is 2.07 bits per heavy atom. The van der Waals surface area contributed by atoms with Gasteiger partial charge in [-0.3, -0.25) is 0 Å². The van der Waals surface area contributed by atoms with Gasteiger partial charge in [0.25, 0.3) is 0 Å². The molecule has 0 heterocycles. The SMILES string of the molecule is FCCNc1cccc(CC(F)F)c1. The van der Waals surface area contributed by atoms with E-state index in [1.807, 2.05) is 0 Å². The zero-order valence-corrected chi connectivity index (χ0v) is 7.64. The average molecular weight is 203 g/mol. The summed E-state index contributed by atoms with van der Waals surface area (Å²) in [6, 6.07) is 6.65. The molecule has 78 valence electrons. The van der Waals surface area contributed by atoms with Gasteiger partial charge in [0, 0.05) is 18.7 Å². The minimum Gasteiger partial charge on any atom is -0.382 e. The van der Waals surface area contributed by atoms with Crippen LogP contribution in [0.1, 0.15) is 5.56 Å². The van der Waals surface area contributed by atoms with E-state index >= 15 is 0 Å². The first kappa shape index (κ1) is 10.9. The summed E-state index contributed by atoms with van der Waals surface area (Å²) in [5, 5.41) is 2.79. The van der Waals surface area contributed by atoms with E-state index in [4.69, 9.17) is 0 Å². The quantitative estimate of drug-likeness (QED) is 0.775. The summed E-state index contributed by atoms with van der Waals surface area (Å²) >= 11 is 0. The third kappa shape index (κ3) is 3.68. The predicted octanol–water partition coefficient (Wildman–Crippen LogP) is 2.88. The van der Waals surface area contributed by atoms with Crippen molar-refractivity contribution in [3.63, 3.8) is 0 Å². The highest BCUT2D eigenvalue weighted by Crippen LogP contribution is 2.13. The number of hydrogen-bond donors (Lipinski definition) is 1. The summed E-state index contributed by atoms with van der Waals surface area (Å²) < 4.78 is 35.9. The van der Waals surface area contributed by atoms with Gasteiger partial charge in [-0.05, 0) is 17.7 Å². The van der Waals surface area contributed by atoms with Gasteiger partial charge >= 0.3 is 0 Å². The number of hydrogen-bond acceptors (Lipinski definition) is 1. The maximum Gasteiger partial charge on any atom is 0.242 e. The molecule has 0 aliphatic rings. The number of halogens is 3. The zero-order valence-electron chi connectivity index (χ0n) is 7.64. The van der Waals surface area contributed by atoms with Crippen molar-refractivity contribution in [2.24, 2.45) is 0 Å². The van der Waals surface area contributed by atoms with Crippen molar-refractivity contribution in [3.05, 3.63) is 29.8 Å². The number of alkyl halides is 3. The van der Waals surface area contributed by atoms with Crippen molar-refractivity contribution in [2.45, 2.75) is 12.8 Å². The Labute approximate surface area is 80.9 Å². The Morgan fingerprint density at radius 3 is 2.71 bits per heavy atom. The summed E-state index contributed by atoms with van der Waals surface area (Å²) in [6.07, 6.45) is -2.60. The summed E-state index contributed by atoms with van der Waals surface area (Å²) in [4.78, 5) is 0. The molecular weight excluding hydrogens is 191 g/mol. The lowest BCUT2D eigenvalue weighted by Gasteiger charge is -2.06. The Balaban J connectivity index is 2.59. The van der Waals surface area contributed by atoms with Gasteiger partial charge in [-0.1, -0.05) is 12.1 Å². The molecule has 0 bridgehead atoms. The van der Waals surface area contributed by atoms with Crippen LogP contribution in [0.4, 0.5) is 18.9 Å². The standard InChI is InChI=1S/C10H12F3N/c11-4-5-14-9-3-1-2-8(6-9)7-10(12)13/h1-3,6,10,14H,4-5,7H2. The fraction of sp³-hybridized carbons (Fsp3) is 0.400. The van der Waals surface area contributed by atoms with Crippen molar-refractivity contribution in [1.82, 2.24) is 0 Å². The maximum atomic E-state index is 12.0. The molecule has 0 saturated carbocycles. The normalized spacial score (nSPS) is 10.6. The monoisotopic (exact) mass is 203 g/mol. The van der Waals surface area contributed by atoms with Crippen molar-refractivity contribution < 1.29 is 13.2 Å². The molecule has 0 atom stereocenters. The predicted molar refractivity (Wildman–Crippen MR) is 50.6 cm³/mol. The molecule has 0 aliphatic heterocycles. The Hall–Kier alpha value is -1.19. The lowest BCUT2D eigenvalue weighted by Crippen LogP contribution is -2.04. The van der Waals surface area contributed by atoms with Crippen molar-refractivity contribution >= 4 is 5.69 Å². The van der Waals surface area contributed by atoms with Gasteiger partial charge in [-0.2, -0.15) is 0 Å². The van der Waals surface area contributed by atoms with Gasteiger partial charge in [-0.25, -0.2) is 13.2 Å². The smallest absolute Gasteiger partial charge is 0.242 e. The fourth-order valence-corrected chi connectivity index (χ4v) is 1.18. The van der Waals surface area contributed by atoms with Crippen LogP contribution in [0.5, 0.6) is 0 Å². The molecule has 0 amide bonds. The molecule has 1 aromatic carbocycles. The van der Waals surface area contributed by atoms with Crippen LogP contribution in [0.3, 0.4) is 0 Å². The van der Waals surface area contributed by atoms with E-state index in [0.717, 1.165) is 0 Å². The summed E-state index contributed by atoms with van der Waals surface area (Å²) in [6.45, 7) is -0.267. The lowest BCUT2D eigenvalue weighted by atomic mass is 10.1.